The first-order valence-corrected chi connectivity index (χ1v) is 8.00. The van der Waals surface area contributed by atoms with E-state index in [0.717, 1.165) is 5.56 Å². The summed E-state index contributed by atoms with van der Waals surface area (Å²) in [4.78, 5) is 15.7. The molecule has 0 bridgehead atoms. The van der Waals surface area contributed by atoms with Gasteiger partial charge in [-0.15, -0.1) is 0 Å². The van der Waals surface area contributed by atoms with E-state index in [4.69, 9.17) is 11.5 Å². The lowest BCUT2D eigenvalue weighted by molar-refractivity contribution is 0.0996. The second-order valence-corrected chi connectivity index (χ2v) is 5.94. The lowest BCUT2D eigenvalue weighted by atomic mass is 9.95. The van der Waals surface area contributed by atoms with E-state index in [0.29, 0.717) is 23.2 Å². The quantitative estimate of drug-likeness (QED) is 0.738. The van der Waals surface area contributed by atoms with Gasteiger partial charge in [0.05, 0.1) is 17.3 Å². The van der Waals surface area contributed by atoms with Gasteiger partial charge in [0, 0.05) is 11.8 Å². The molecule has 0 unspecified atom stereocenters. The fourth-order valence-corrected chi connectivity index (χ4v) is 2.85. The molecule has 0 spiro atoms. The van der Waals surface area contributed by atoms with Crippen molar-refractivity contribution in [1.29, 1.82) is 0 Å². The number of halogens is 2. The number of carbonyl (C=O) groups is 1. The minimum absolute atomic E-state index is 0.198. The van der Waals surface area contributed by atoms with Crippen molar-refractivity contribution in [1.82, 2.24) is 4.98 Å². The molecule has 1 heterocycles. The van der Waals surface area contributed by atoms with E-state index in [1.54, 1.807) is 30.5 Å². The van der Waals surface area contributed by atoms with Gasteiger partial charge in [0.15, 0.2) is 0 Å². The number of pyridine rings is 1. The zero-order valence-corrected chi connectivity index (χ0v) is 13.8. The van der Waals surface area contributed by atoms with Gasteiger partial charge < -0.3 is 11.5 Å². The molecule has 2 aromatic carbocycles. The van der Waals surface area contributed by atoms with Gasteiger partial charge in [0.1, 0.15) is 11.6 Å². The second kappa shape index (κ2) is 7.41. The summed E-state index contributed by atoms with van der Waals surface area (Å²) in [5.74, 6) is -1.87. The van der Waals surface area contributed by atoms with Crippen LogP contribution in [-0.2, 0) is 6.42 Å². The zero-order valence-electron chi connectivity index (χ0n) is 13.8. The summed E-state index contributed by atoms with van der Waals surface area (Å²) in [5, 5.41) is 0. The number of benzene rings is 2. The van der Waals surface area contributed by atoms with Gasteiger partial charge in [-0.2, -0.15) is 0 Å². The van der Waals surface area contributed by atoms with Crippen LogP contribution in [0, 0.1) is 11.6 Å². The Bertz CT molecular complexity index is 959. The average molecular weight is 353 g/mol. The Morgan fingerprint density at radius 3 is 2.62 bits per heavy atom. The Hall–Kier alpha value is -3.12. The first kappa shape index (κ1) is 17.7. The Morgan fingerprint density at radius 2 is 1.88 bits per heavy atom. The van der Waals surface area contributed by atoms with Crippen LogP contribution < -0.4 is 11.5 Å². The van der Waals surface area contributed by atoms with Crippen LogP contribution in [0.5, 0.6) is 0 Å². The van der Waals surface area contributed by atoms with Crippen molar-refractivity contribution in [3.63, 3.8) is 0 Å². The highest BCUT2D eigenvalue weighted by atomic mass is 19.1. The van der Waals surface area contributed by atoms with Crippen LogP contribution in [0.15, 0.2) is 60.8 Å². The molecular weight excluding hydrogens is 336 g/mol. The van der Waals surface area contributed by atoms with Crippen molar-refractivity contribution in [2.45, 2.75) is 12.5 Å². The molecule has 3 rings (SSSR count). The Labute approximate surface area is 149 Å². The Kier molecular flexibility index (Phi) is 5.04. The van der Waals surface area contributed by atoms with Crippen molar-refractivity contribution in [2.24, 2.45) is 11.5 Å². The number of carbonyl (C=O) groups excluding carboxylic acids is 1. The lowest BCUT2D eigenvalue weighted by Gasteiger charge is -2.16. The van der Waals surface area contributed by atoms with Gasteiger partial charge in [-0.05, 0) is 47.9 Å². The molecule has 3 aromatic rings. The molecular formula is C20H17F2N3O. The van der Waals surface area contributed by atoms with Crippen LogP contribution in [-0.4, -0.2) is 10.9 Å². The summed E-state index contributed by atoms with van der Waals surface area (Å²) in [6.45, 7) is 0. The summed E-state index contributed by atoms with van der Waals surface area (Å²) >= 11 is 0. The molecule has 4 nitrogen and oxygen atoms in total. The first-order chi connectivity index (χ1) is 12.5. The predicted octanol–water partition coefficient (Wildman–Crippen LogP) is 3.37. The first-order valence-electron chi connectivity index (χ1n) is 8.00. The molecule has 0 saturated carbocycles. The van der Waals surface area contributed by atoms with E-state index in [2.05, 4.69) is 4.98 Å². The van der Waals surface area contributed by atoms with E-state index in [1.165, 1.54) is 30.3 Å². The average Bonchev–Trinajstić information content (AvgIpc) is 2.62. The molecule has 4 N–H and O–H groups in total. The molecule has 0 radical (unpaired) electrons. The fourth-order valence-electron chi connectivity index (χ4n) is 2.85. The summed E-state index contributed by atoms with van der Waals surface area (Å²) in [6, 6.07) is 13.3. The molecule has 0 saturated heterocycles. The van der Waals surface area contributed by atoms with E-state index < -0.39 is 17.8 Å². The maximum absolute atomic E-state index is 13.7. The summed E-state index contributed by atoms with van der Waals surface area (Å²) in [6.07, 6.45) is 1.98. The highest BCUT2D eigenvalue weighted by molar-refractivity contribution is 5.94. The normalized spacial score (nSPS) is 12.0. The lowest BCUT2D eigenvalue weighted by Crippen LogP contribution is -2.17. The highest BCUT2D eigenvalue weighted by Gasteiger charge is 2.17. The smallest absolute Gasteiger partial charge is 0.251 e. The number of aromatic nitrogens is 1. The summed E-state index contributed by atoms with van der Waals surface area (Å²) in [5.41, 5.74) is 13.9. The molecule has 132 valence electrons. The molecule has 1 amide bonds. The van der Waals surface area contributed by atoms with Crippen molar-refractivity contribution in [3.05, 3.63) is 89.2 Å². The van der Waals surface area contributed by atoms with E-state index in [1.807, 2.05) is 0 Å². The van der Waals surface area contributed by atoms with E-state index in [-0.39, 0.29) is 11.4 Å². The number of amides is 1. The molecule has 0 aliphatic heterocycles. The number of hydrogen-bond acceptors (Lipinski definition) is 3. The maximum atomic E-state index is 13.7. The van der Waals surface area contributed by atoms with E-state index in [9.17, 15) is 13.6 Å². The van der Waals surface area contributed by atoms with Gasteiger partial charge >= 0.3 is 0 Å². The molecule has 0 aliphatic rings. The molecule has 1 aromatic heterocycles. The zero-order chi connectivity index (χ0) is 18.7. The second-order valence-electron chi connectivity index (χ2n) is 5.94. The van der Waals surface area contributed by atoms with Crippen LogP contribution in [0.1, 0.15) is 27.7 Å². The van der Waals surface area contributed by atoms with E-state index >= 15 is 0 Å². The van der Waals surface area contributed by atoms with Crippen molar-refractivity contribution >= 4 is 5.91 Å². The number of nitrogens with two attached hydrogens (primary N) is 2. The monoisotopic (exact) mass is 353 g/mol. The molecule has 26 heavy (non-hydrogen) atoms. The molecule has 6 heteroatoms. The topological polar surface area (TPSA) is 82.0 Å². The van der Waals surface area contributed by atoms with Gasteiger partial charge in [-0.25, -0.2) is 8.78 Å². The minimum Gasteiger partial charge on any atom is -0.366 e. The third kappa shape index (κ3) is 3.75. The van der Waals surface area contributed by atoms with Gasteiger partial charge in [0.2, 0.25) is 0 Å². The number of rotatable bonds is 5. The van der Waals surface area contributed by atoms with Crippen LogP contribution in [0.25, 0.3) is 11.1 Å². The van der Waals surface area contributed by atoms with Gasteiger partial charge in [0.25, 0.3) is 5.91 Å². The third-order valence-electron chi connectivity index (χ3n) is 4.08. The Balaban J connectivity index is 1.98. The molecule has 0 fully saturated rings. The van der Waals surface area contributed by atoms with Crippen molar-refractivity contribution in [3.8, 4) is 11.1 Å². The largest absolute Gasteiger partial charge is 0.366 e. The number of primary amides is 1. The maximum Gasteiger partial charge on any atom is 0.251 e. The summed E-state index contributed by atoms with van der Waals surface area (Å²) < 4.78 is 27.1. The fraction of sp³-hybridized carbons (Fsp3) is 0.100. The minimum atomic E-state index is -0.848. The molecule has 0 aliphatic carbocycles. The SMILES string of the molecule is NC(=O)c1cc(-c2cccnc2[C@@H](N)Cc2cccc(F)c2)ccc1F. The van der Waals surface area contributed by atoms with Gasteiger partial charge in [-0.3, -0.25) is 9.78 Å². The number of hydrogen-bond donors (Lipinski definition) is 2. The van der Waals surface area contributed by atoms with Crippen LogP contribution in [0.3, 0.4) is 0 Å². The van der Waals surface area contributed by atoms with Crippen LogP contribution in [0.2, 0.25) is 0 Å². The number of nitrogens with zero attached hydrogens (tertiary/aromatic N) is 1. The summed E-state index contributed by atoms with van der Waals surface area (Å²) in [7, 11) is 0. The Morgan fingerprint density at radius 1 is 1.08 bits per heavy atom. The highest BCUT2D eigenvalue weighted by Crippen LogP contribution is 2.28. The van der Waals surface area contributed by atoms with Crippen molar-refractivity contribution in [2.75, 3.05) is 0 Å². The van der Waals surface area contributed by atoms with Crippen LogP contribution >= 0.6 is 0 Å². The predicted molar refractivity (Wildman–Crippen MR) is 95.2 cm³/mol. The van der Waals surface area contributed by atoms with Crippen molar-refractivity contribution < 1.29 is 13.6 Å². The molecule has 1 atom stereocenters. The standard InChI is InChI=1S/C20H17F2N3O/c21-14-4-1-3-12(9-14)10-18(23)19-15(5-2-8-25-19)13-6-7-17(22)16(11-13)20(24)26/h1-9,11,18H,10,23H2,(H2,24,26)/t18-/m0/s1. The van der Waals surface area contributed by atoms with Crippen LogP contribution in [0.4, 0.5) is 8.78 Å². The van der Waals surface area contributed by atoms with Gasteiger partial charge in [-0.1, -0.05) is 24.3 Å². The third-order valence-corrected chi connectivity index (χ3v) is 4.08.